The molecule has 18 heavy (non-hydrogen) atoms. The van der Waals surface area contributed by atoms with Crippen molar-refractivity contribution in [2.45, 2.75) is 13.3 Å². The van der Waals surface area contributed by atoms with Gasteiger partial charge in [0.2, 0.25) is 0 Å². The summed E-state index contributed by atoms with van der Waals surface area (Å²) in [5.41, 5.74) is 6.67. The van der Waals surface area contributed by atoms with Gasteiger partial charge in [-0.2, -0.15) is 0 Å². The van der Waals surface area contributed by atoms with Crippen LogP contribution in [0.1, 0.15) is 12.0 Å². The summed E-state index contributed by atoms with van der Waals surface area (Å²) in [6, 6.07) is 2.04. The van der Waals surface area contributed by atoms with Crippen LogP contribution in [-0.4, -0.2) is 36.8 Å². The van der Waals surface area contributed by atoms with Crippen LogP contribution in [0.5, 0.6) is 0 Å². The Morgan fingerprint density at radius 1 is 1.56 bits per heavy atom. The zero-order valence-corrected chi connectivity index (χ0v) is 13.1. The number of hydrogen-bond acceptors (Lipinski definition) is 4. The highest BCUT2D eigenvalue weighted by Crippen LogP contribution is 2.20. The molecule has 0 fully saturated rings. The molecule has 0 atom stereocenters. The maximum absolute atomic E-state index is 5.56. The smallest absolute Gasteiger partial charge is 0.131 e. The molecule has 6 heteroatoms. The molecule has 0 amide bonds. The third kappa shape index (κ3) is 4.88. The average molecular weight is 332 g/mol. The maximum atomic E-state index is 5.56. The molecular weight excluding hydrogens is 314 g/mol. The molecule has 0 bridgehead atoms. The number of halogens is 1. The van der Waals surface area contributed by atoms with Gasteiger partial charge in [-0.15, -0.1) is 0 Å². The van der Waals surface area contributed by atoms with Crippen LogP contribution in [0.15, 0.2) is 16.7 Å². The van der Waals surface area contributed by atoms with Crippen molar-refractivity contribution in [1.29, 1.82) is 0 Å². The van der Waals surface area contributed by atoms with Crippen molar-refractivity contribution in [3.8, 4) is 0 Å². The topological polar surface area (TPSA) is 51.4 Å². The molecule has 0 aromatic carbocycles. The predicted octanol–water partition coefficient (Wildman–Crippen LogP) is 2.28. The van der Waals surface area contributed by atoms with Gasteiger partial charge in [0.25, 0.3) is 0 Å². The van der Waals surface area contributed by atoms with Crippen LogP contribution >= 0.6 is 28.1 Å². The van der Waals surface area contributed by atoms with Crippen molar-refractivity contribution in [1.82, 2.24) is 4.98 Å². The molecule has 0 saturated carbocycles. The second-order valence-electron chi connectivity index (χ2n) is 3.99. The zero-order valence-electron chi connectivity index (χ0n) is 10.6. The fourth-order valence-electron chi connectivity index (χ4n) is 1.63. The molecule has 1 aromatic heterocycles. The van der Waals surface area contributed by atoms with Crippen LogP contribution in [0.3, 0.4) is 0 Å². The number of nitrogens with zero attached hydrogens (tertiary/aromatic N) is 2. The molecule has 100 valence electrons. The van der Waals surface area contributed by atoms with Crippen LogP contribution in [0, 0.1) is 6.92 Å². The Morgan fingerprint density at radius 2 is 2.28 bits per heavy atom. The second kappa shape index (κ2) is 7.66. The minimum atomic E-state index is 0.521. The van der Waals surface area contributed by atoms with Gasteiger partial charge in [0.15, 0.2) is 0 Å². The van der Waals surface area contributed by atoms with E-state index in [0.29, 0.717) is 18.0 Å². The number of hydrogen-bond donors (Lipinski definition) is 1. The molecule has 0 saturated heterocycles. The van der Waals surface area contributed by atoms with E-state index in [0.717, 1.165) is 28.9 Å². The molecule has 0 unspecified atom stereocenters. The van der Waals surface area contributed by atoms with E-state index >= 15 is 0 Å². The number of rotatable bonds is 7. The molecule has 2 N–H and O–H groups in total. The Morgan fingerprint density at radius 3 is 2.83 bits per heavy atom. The minimum Gasteiger partial charge on any atom is -0.393 e. The summed E-state index contributed by atoms with van der Waals surface area (Å²) in [4.78, 5) is 7.11. The van der Waals surface area contributed by atoms with Gasteiger partial charge in [-0.25, -0.2) is 4.98 Å². The van der Waals surface area contributed by atoms with E-state index < -0.39 is 0 Å². The Hall–Kier alpha value is -0.720. The van der Waals surface area contributed by atoms with E-state index in [-0.39, 0.29) is 0 Å². The average Bonchev–Trinajstić information content (AvgIpc) is 2.30. The van der Waals surface area contributed by atoms with Gasteiger partial charge in [-0.3, -0.25) is 0 Å². The lowest BCUT2D eigenvalue weighted by Crippen LogP contribution is -2.31. The first-order valence-corrected chi connectivity index (χ1v) is 6.89. The summed E-state index contributed by atoms with van der Waals surface area (Å²) in [5, 5.41) is 0. The Labute approximate surface area is 122 Å². The highest BCUT2D eigenvalue weighted by Gasteiger charge is 2.11. The number of nitrogens with two attached hydrogens (primary N) is 1. The molecule has 1 rings (SSSR count). The van der Waals surface area contributed by atoms with E-state index in [9.17, 15) is 0 Å². The lowest BCUT2D eigenvalue weighted by atomic mass is 10.2. The summed E-state index contributed by atoms with van der Waals surface area (Å²) >= 11 is 8.34. The zero-order chi connectivity index (χ0) is 13.5. The lowest BCUT2D eigenvalue weighted by Gasteiger charge is -2.24. The number of pyridine rings is 1. The summed E-state index contributed by atoms with van der Waals surface area (Å²) < 4.78 is 6.10. The molecule has 1 aromatic rings. The van der Waals surface area contributed by atoms with Crippen LogP contribution in [0.4, 0.5) is 5.82 Å². The molecule has 0 radical (unpaired) electrons. The fourth-order valence-corrected chi connectivity index (χ4v) is 2.17. The molecule has 0 spiro atoms. The first kappa shape index (κ1) is 15.3. The van der Waals surface area contributed by atoms with Crippen molar-refractivity contribution in [2.24, 2.45) is 5.73 Å². The van der Waals surface area contributed by atoms with Gasteiger partial charge in [0.05, 0.1) is 11.6 Å². The van der Waals surface area contributed by atoms with E-state index in [1.54, 1.807) is 13.3 Å². The van der Waals surface area contributed by atoms with Gasteiger partial charge < -0.3 is 15.4 Å². The van der Waals surface area contributed by atoms with Crippen LogP contribution in [-0.2, 0) is 4.74 Å². The fraction of sp³-hybridized carbons (Fsp3) is 0.500. The Kier molecular flexibility index (Phi) is 6.52. The normalized spacial score (nSPS) is 10.4. The maximum Gasteiger partial charge on any atom is 0.131 e. The van der Waals surface area contributed by atoms with E-state index in [1.807, 2.05) is 13.0 Å². The molecular formula is C12H18BrN3OS. The summed E-state index contributed by atoms with van der Waals surface area (Å²) in [6.45, 7) is 4.21. The first-order valence-electron chi connectivity index (χ1n) is 5.69. The summed E-state index contributed by atoms with van der Waals surface area (Å²) in [7, 11) is 1.69. The molecule has 0 aliphatic carbocycles. The van der Waals surface area contributed by atoms with Gasteiger partial charge in [0, 0.05) is 37.3 Å². The largest absolute Gasteiger partial charge is 0.393 e. The number of aromatic nitrogens is 1. The number of ether oxygens (including phenoxy) is 1. The standard InChI is InChI=1S/C12H18BrN3OS/c1-9-7-10(13)8-15-12(9)16(5-6-17-2)4-3-11(14)18/h7-8H,3-6H2,1-2H3,(H2,14,18). The third-order valence-corrected chi connectivity index (χ3v) is 3.15. The van der Waals surface area contributed by atoms with Crippen molar-refractivity contribution in [3.63, 3.8) is 0 Å². The summed E-state index contributed by atoms with van der Waals surface area (Å²) in [6.07, 6.45) is 2.47. The highest BCUT2D eigenvalue weighted by molar-refractivity contribution is 9.10. The van der Waals surface area contributed by atoms with Crippen LogP contribution < -0.4 is 10.6 Å². The molecule has 1 heterocycles. The minimum absolute atomic E-state index is 0.521. The lowest BCUT2D eigenvalue weighted by molar-refractivity contribution is 0.205. The summed E-state index contributed by atoms with van der Waals surface area (Å²) in [5.74, 6) is 0.950. The predicted molar refractivity (Wildman–Crippen MR) is 82.2 cm³/mol. The van der Waals surface area contributed by atoms with E-state index in [4.69, 9.17) is 22.7 Å². The van der Waals surface area contributed by atoms with Gasteiger partial charge in [-0.1, -0.05) is 12.2 Å². The van der Waals surface area contributed by atoms with Gasteiger partial charge >= 0.3 is 0 Å². The monoisotopic (exact) mass is 331 g/mol. The van der Waals surface area contributed by atoms with Crippen molar-refractivity contribution >= 4 is 39.0 Å². The second-order valence-corrected chi connectivity index (χ2v) is 5.43. The molecule has 0 aliphatic heterocycles. The highest BCUT2D eigenvalue weighted by atomic mass is 79.9. The quantitative estimate of drug-likeness (QED) is 0.777. The molecule has 0 aliphatic rings. The number of aryl methyl sites for hydroxylation is 1. The first-order chi connectivity index (χ1) is 8.54. The van der Waals surface area contributed by atoms with Crippen molar-refractivity contribution in [2.75, 3.05) is 31.7 Å². The van der Waals surface area contributed by atoms with Crippen LogP contribution in [0.2, 0.25) is 0 Å². The van der Waals surface area contributed by atoms with Gasteiger partial charge in [0.1, 0.15) is 5.82 Å². The van der Waals surface area contributed by atoms with Crippen molar-refractivity contribution < 1.29 is 4.74 Å². The van der Waals surface area contributed by atoms with E-state index in [1.165, 1.54) is 0 Å². The third-order valence-electron chi connectivity index (χ3n) is 2.51. The molecule has 4 nitrogen and oxygen atoms in total. The Bertz CT molecular complexity index is 414. The SMILES string of the molecule is COCCN(CCC(N)=S)c1ncc(Br)cc1C. The van der Waals surface area contributed by atoms with E-state index in [2.05, 4.69) is 25.8 Å². The Balaban J connectivity index is 2.82. The number of methoxy groups -OCH3 is 1. The van der Waals surface area contributed by atoms with Crippen LogP contribution in [0.25, 0.3) is 0 Å². The number of thiocarbonyl (C=S) groups is 1. The van der Waals surface area contributed by atoms with Gasteiger partial charge in [-0.05, 0) is 34.5 Å². The van der Waals surface area contributed by atoms with Crippen molar-refractivity contribution in [3.05, 3.63) is 22.3 Å². The number of anilines is 1.